The van der Waals surface area contributed by atoms with Crippen molar-refractivity contribution in [2.24, 2.45) is 0 Å². The number of rotatable bonds is 5. The Morgan fingerprint density at radius 3 is 2.56 bits per heavy atom. The van der Waals surface area contributed by atoms with Gasteiger partial charge in [0.15, 0.2) is 9.84 Å². The van der Waals surface area contributed by atoms with Crippen molar-refractivity contribution < 1.29 is 13.2 Å². The van der Waals surface area contributed by atoms with Crippen LogP contribution in [0.15, 0.2) is 59.8 Å². The molecule has 25 heavy (non-hydrogen) atoms. The van der Waals surface area contributed by atoms with Crippen LogP contribution in [0.1, 0.15) is 19.4 Å². The van der Waals surface area contributed by atoms with Gasteiger partial charge in [0.05, 0.1) is 22.1 Å². The lowest BCUT2D eigenvalue weighted by Gasteiger charge is -2.09. The number of anilines is 1. The van der Waals surface area contributed by atoms with Gasteiger partial charge in [-0.2, -0.15) is 5.10 Å². The Balaban J connectivity index is 1.68. The van der Waals surface area contributed by atoms with E-state index < -0.39 is 15.1 Å². The lowest BCUT2D eigenvalue weighted by Crippen LogP contribution is -2.15. The Morgan fingerprint density at radius 2 is 1.88 bits per heavy atom. The van der Waals surface area contributed by atoms with E-state index in [-0.39, 0.29) is 17.2 Å². The van der Waals surface area contributed by atoms with Gasteiger partial charge in [0.25, 0.3) is 0 Å². The first-order valence-corrected chi connectivity index (χ1v) is 9.47. The van der Waals surface area contributed by atoms with Gasteiger partial charge in [0.2, 0.25) is 5.91 Å². The summed E-state index contributed by atoms with van der Waals surface area (Å²) in [5, 5.41) is 6.47. The molecule has 3 rings (SSSR count). The second-order valence-electron chi connectivity index (χ2n) is 6.08. The maximum atomic E-state index is 12.2. The van der Waals surface area contributed by atoms with Gasteiger partial charge in [-0.1, -0.05) is 12.1 Å². The first kappa shape index (κ1) is 17.2. The van der Waals surface area contributed by atoms with Gasteiger partial charge in [-0.25, -0.2) is 12.9 Å². The summed E-state index contributed by atoms with van der Waals surface area (Å²) >= 11 is 0. The zero-order valence-corrected chi connectivity index (χ0v) is 14.8. The van der Waals surface area contributed by atoms with Crippen molar-refractivity contribution in [1.29, 1.82) is 0 Å². The first-order chi connectivity index (χ1) is 11.9. The van der Waals surface area contributed by atoms with Gasteiger partial charge in [-0.05, 0) is 49.7 Å². The Bertz CT molecular complexity index is 1010. The number of aromatic nitrogens is 2. The highest BCUT2D eigenvalue weighted by Crippen LogP contribution is 2.17. The molecule has 1 amide bonds. The number of nitrogens with zero attached hydrogens (tertiary/aromatic N) is 2. The molecule has 0 spiro atoms. The molecule has 2 heterocycles. The molecule has 0 saturated heterocycles. The minimum absolute atomic E-state index is 0.164. The summed E-state index contributed by atoms with van der Waals surface area (Å²) in [7, 11) is -3.29. The number of benzene rings is 1. The minimum atomic E-state index is -3.29. The van der Waals surface area contributed by atoms with Crippen molar-refractivity contribution in [2.75, 3.05) is 5.32 Å². The van der Waals surface area contributed by atoms with Crippen LogP contribution in [0.4, 0.5) is 5.69 Å². The highest BCUT2D eigenvalue weighted by molar-refractivity contribution is 7.92. The fraction of sp³-hybridized carbons (Fsp3) is 0.222. The van der Waals surface area contributed by atoms with Gasteiger partial charge in [-0.15, -0.1) is 0 Å². The number of hydrogen-bond acceptors (Lipinski definition) is 4. The Hall–Kier alpha value is -2.67. The van der Waals surface area contributed by atoms with Gasteiger partial charge >= 0.3 is 0 Å². The van der Waals surface area contributed by atoms with E-state index in [0.29, 0.717) is 5.69 Å². The zero-order valence-electron chi connectivity index (χ0n) is 14.0. The smallest absolute Gasteiger partial charge is 0.228 e. The molecule has 130 valence electrons. The van der Waals surface area contributed by atoms with E-state index in [1.54, 1.807) is 61.1 Å². The van der Waals surface area contributed by atoms with Crippen LogP contribution in [0.5, 0.6) is 0 Å². The van der Waals surface area contributed by atoms with E-state index in [1.165, 1.54) is 0 Å². The molecule has 0 aliphatic rings. The second-order valence-corrected chi connectivity index (χ2v) is 8.58. The molecule has 7 heteroatoms. The third-order valence-corrected chi connectivity index (χ3v) is 6.09. The van der Waals surface area contributed by atoms with E-state index >= 15 is 0 Å². The second kappa shape index (κ2) is 6.68. The van der Waals surface area contributed by atoms with Crippen LogP contribution in [-0.4, -0.2) is 29.2 Å². The fourth-order valence-electron chi connectivity index (χ4n) is 2.46. The van der Waals surface area contributed by atoms with E-state index in [4.69, 9.17) is 0 Å². The van der Waals surface area contributed by atoms with Crippen LogP contribution >= 0.6 is 0 Å². The number of sulfone groups is 1. The minimum Gasteiger partial charge on any atom is -0.326 e. The summed E-state index contributed by atoms with van der Waals surface area (Å²) in [5.41, 5.74) is 2.34. The summed E-state index contributed by atoms with van der Waals surface area (Å²) < 4.78 is 25.9. The maximum absolute atomic E-state index is 12.2. The van der Waals surface area contributed by atoms with Crippen LogP contribution in [-0.2, 0) is 21.1 Å². The van der Waals surface area contributed by atoms with Crippen molar-refractivity contribution in [1.82, 2.24) is 9.61 Å². The molecule has 0 aliphatic carbocycles. The van der Waals surface area contributed by atoms with Crippen molar-refractivity contribution in [2.45, 2.75) is 30.4 Å². The van der Waals surface area contributed by atoms with Crippen LogP contribution in [0, 0.1) is 0 Å². The average Bonchev–Trinajstić information content (AvgIpc) is 3.02. The monoisotopic (exact) mass is 357 g/mol. The van der Waals surface area contributed by atoms with E-state index in [9.17, 15) is 13.2 Å². The van der Waals surface area contributed by atoms with E-state index in [1.807, 2.05) is 12.1 Å². The summed E-state index contributed by atoms with van der Waals surface area (Å²) in [6.07, 6.45) is 3.64. The zero-order chi connectivity index (χ0) is 18.0. The van der Waals surface area contributed by atoms with Crippen molar-refractivity contribution in [3.05, 3.63) is 60.4 Å². The van der Waals surface area contributed by atoms with Gasteiger partial charge in [0, 0.05) is 18.1 Å². The molecular formula is C18H19N3O3S. The van der Waals surface area contributed by atoms with Gasteiger partial charge in [-0.3, -0.25) is 4.79 Å². The third-order valence-electron chi connectivity index (χ3n) is 3.92. The summed E-state index contributed by atoms with van der Waals surface area (Å²) in [6, 6.07) is 11.9. The van der Waals surface area contributed by atoms with Gasteiger partial charge < -0.3 is 5.32 Å². The highest BCUT2D eigenvalue weighted by Gasteiger charge is 2.18. The maximum Gasteiger partial charge on any atom is 0.228 e. The Morgan fingerprint density at radius 1 is 1.16 bits per heavy atom. The molecule has 0 atom stereocenters. The van der Waals surface area contributed by atoms with Crippen molar-refractivity contribution in [3.8, 4) is 0 Å². The standard InChI is InChI=1S/C18H19N3O3S/c1-13(2)25(23,24)17-5-3-14(4-6-17)11-18(22)20-15-8-10-21-16(12-15)7-9-19-21/h3-10,12-13H,11H2,1-2H3,(H,20,22). The first-order valence-electron chi connectivity index (χ1n) is 7.92. The number of fused-ring (bicyclic) bond motifs is 1. The van der Waals surface area contributed by atoms with E-state index in [0.717, 1.165) is 11.1 Å². The number of pyridine rings is 1. The molecule has 1 N–H and O–H groups in total. The Labute approximate surface area is 146 Å². The summed E-state index contributed by atoms with van der Waals surface area (Å²) in [5.74, 6) is -0.164. The number of carbonyl (C=O) groups excluding carboxylic acids is 1. The lowest BCUT2D eigenvalue weighted by molar-refractivity contribution is -0.115. The molecule has 3 aromatic rings. The molecule has 6 nitrogen and oxygen atoms in total. The molecule has 0 unspecified atom stereocenters. The quantitative estimate of drug-likeness (QED) is 0.761. The fourth-order valence-corrected chi connectivity index (χ4v) is 3.52. The SMILES string of the molecule is CC(C)S(=O)(=O)c1ccc(CC(=O)Nc2ccn3nccc3c2)cc1. The molecule has 0 bridgehead atoms. The third kappa shape index (κ3) is 3.71. The van der Waals surface area contributed by atoms with E-state index in [2.05, 4.69) is 10.4 Å². The molecule has 0 fully saturated rings. The number of hydrogen-bond donors (Lipinski definition) is 1. The van der Waals surface area contributed by atoms with Crippen LogP contribution in [0.2, 0.25) is 0 Å². The molecular weight excluding hydrogens is 338 g/mol. The summed E-state index contributed by atoms with van der Waals surface area (Å²) in [6.45, 7) is 3.29. The normalized spacial score (nSPS) is 11.8. The van der Waals surface area contributed by atoms with Crippen molar-refractivity contribution >= 4 is 26.9 Å². The molecule has 0 saturated carbocycles. The van der Waals surface area contributed by atoms with Crippen molar-refractivity contribution in [3.63, 3.8) is 0 Å². The Kier molecular flexibility index (Phi) is 4.59. The highest BCUT2D eigenvalue weighted by atomic mass is 32.2. The largest absolute Gasteiger partial charge is 0.326 e. The molecule has 2 aromatic heterocycles. The van der Waals surface area contributed by atoms with Crippen LogP contribution < -0.4 is 5.32 Å². The number of carbonyl (C=O) groups is 1. The number of amides is 1. The summed E-state index contributed by atoms with van der Waals surface area (Å²) in [4.78, 5) is 12.5. The molecule has 1 aromatic carbocycles. The van der Waals surface area contributed by atoms with Gasteiger partial charge in [0.1, 0.15) is 0 Å². The molecule has 0 radical (unpaired) electrons. The lowest BCUT2D eigenvalue weighted by atomic mass is 10.1. The number of nitrogens with one attached hydrogen (secondary N) is 1. The average molecular weight is 357 g/mol. The van der Waals surface area contributed by atoms with Crippen LogP contribution in [0.3, 0.4) is 0 Å². The predicted octanol–water partition coefficient (Wildman–Crippen LogP) is 2.70. The predicted molar refractivity (Wildman–Crippen MR) is 96.3 cm³/mol. The topological polar surface area (TPSA) is 80.5 Å². The van der Waals surface area contributed by atoms with Crippen LogP contribution in [0.25, 0.3) is 5.52 Å². The molecule has 0 aliphatic heterocycles.